The van der Waals surface area contributed by atoms with Gasteiger partial charge in [0.25, 0.3) is 0 Å². The first-order valence-corrected chi connectivity index (χ1v) is 6.70. The number of benzene rings is 3. The summed E-state index contributed by atoms with van der Waals surface area (Å²) >= 11 is 0. The fraction of sp³-hybridized carbons (Fsp3) is 0. The van der Waals surface area contributed by atoms with Crippen molar-refractivity contribution >= 4 is 27.8 Å². The van der Waals surface area contributed by atoms with Crippen LogP contribution in [0, 0.1) is 0 Å². The smallest absolute Gasteiger partial charge is 0.206 e. The van der Waals surface area contributed by atoms with Crippen LogP contribution in [0.3, 0.4) is 0 Å². The molecule has 21 heavy (non-hydrogen) atoms. The number of aromatic nitrogens is 2. The number of anilines is 1. The third kappa shape index (κ3) is 1.66. The Labute approximate surface area is 121 Å². The summed E-state index contributed by atoms with van der Waals surface area (Å²) in [4.78, 5) is 4.37. The first kappa shape index (κ1) is 11.8. The van der Waals surface area contributed by atoms with Gasteiger partial charge in [-0.05, 0) is 23.6 Å². The Kier molecular flexibility index (Phi) is 2.38. The Morgan fingerprint density at radius 1 is 0.905 bits per heavy atom. The molecule has 3 aromatic carbocycles. The van der Waals surface area contributed by atoms with E-state index in [0.717, 1.165) is 21.8 Å². The first-order valence-electron chi connectivity index (χ1n) is 6.70. The largest absolute Gasteiger partial charge is 0.506 e. The van der Waals surface area contributed by atoms with Crippen molar-refractivity contribution in [2.45, 2.75) is 0 Å². The van der Waals surface area contributed by atoms with E-state index < -0.39 is 0 Å². The predicted molar refractivity (Wildman–Crippen MR) is 84.7 cm³/mol. The minimum absolute atomic E-state index is 0.184. The van der Waals surface area contributed by atoms with Gasteiger partial charge in [-0.3, -0.25) is 4.57 Å². The average Bonchev–Trinajstić information content (AvgIpc) is 2.83. The van der Waals surface area contributed by atoms with Crippen molar-refractivity contribution in [3.05, 3.63) is 60.7 Å². The van der Waals surface area contributed by atoms with Crippen LogP contribution < -0.4 is 5.73 Å². The highest BCUT2D eigenvalue weighted by Gasteiger charge is 2.15. The molecule has 0 atom stereocenters. The second kappa shape index (κ2) is 4.24. The molecule has 0 saturated heterocycles. The molecule has 102 valence electrons. The Morgan fingerprint density at radius 3 is 2.57 bits per heavy atom. The van der Waals surface area contributed by atoms with Gasteiger partial charge < -0.3 is 10.8 Å². The van der Waals surface area contributed by atoms with Gasteiger partial charge in [-0.25, -0.2) is 4.98 Å². The molecule has 1 aromatic heterocycles. The molecule has 4 aromatic rings. The third-order valence-corrected chi connectivity index (χ3v) is 3.69. The van der Waals surface area contributed by atoms with Crippen LogP contribution in [-0.2, 0) is 0 Å². The molecule has 0 aliphatic rings. The lowest BCUT2D eigenvalue weighted by Crippen LogP contribution is -2.01. The zero-order valence-electron chi connectivity index (χ0n) is 11.2. The van der Waals surface area contributed by atoms with Gasteiger partial charge in [0.05, 0.1) is 16.7 Å². The zero-order valence-corrected chi connectivity index (χ0v) is 11.2. The second-order valence-electron chi connectivity index (χ2n) is 4.95. The van der Waals surface area contributed by atoms with Crippen molar-refractivity contribution in [1.29, 1.82) is 0 Å². The van der Waals surface area contributed by atoms with Gasteiger partial charge in [0.1, 0.15) is 5.75 Å². The van der Waals surface area contributed by atoms with Gasteiger partial charge >= 0.3 is 0 Å². The zero-order chi connectivity index (χ0) is 14.4. The molecule has 0 bridgehead atoms. The number of hydrogen-bond donors (Lipinski definition) is 2. The molecular weight excluding hydrogens is 262 g/mol. The van der Waals surface area contributed by atoms with Gasteiger partial charge in [-0.1, -0.05) is 42.5 Å². The summed E-state index contributed by atoms with van der Waals surface area (Å²) in [6.07, 6.45) is 0. The van der Waals surface area contributed by atoms with Crippen molar-refractivity contribution in [2.75, 3.05) is 5.73 Å². The van der Waals surface area contributed by atoms with Crippen LogP contribution in [0.25, 0.3) is 27.5 Å². The fourth-order valence-corrected chi connectivity index (χ4v) is 2.76. The highest BCUT2D eigenvalue weighted by molar-refractivity contribution is 5.95. The number of imidazole rings is 1. The van der Waals surface area contributed by atoms with Gasteiger partial charge in [0.2, 0.25) is 5.95 Å². The maximum Gasteiger partial charge on any atom is 0.206 e. The van der Waals surface area contributed by atoms with Gasteiger partial charge in [-0.2, -0.15) is 0 Å². The number of fused-ring (bicyclic) bond motifs is 2. The van der Waals surface area contributed by atoms with E-state index in [-0.39, 0.29) is 5.75 Å². The lowest BCUT2D eigenvalue weighted by Gasteiger charge is -2.12. The van der Waals surface area contributed by atoms with Crippen molar-refractivity contribution in [3.63, 3.8) is 0 Å². The van der Waals surface area contributed by atoms with Gasteiger partial charge in [0, 0.05) is 5.39 Å². The molecule has 0 fully saturated rings. The molecule has 0 aliphatic heterocycles. The summed E-state index contributed by atoms with van der Waals surface area (Å²) < 4.78 is 1.80. The average molecular weight is 275 g/mol. The minimum Gasteiger partial charge on any atom is -0.506 e. The Bertz CT molecular complexity index is 972. The summed E-state index contributed by atoms with van der Waals surface area (Å²) in [6.45, 7) is 0. The molecule has 0 radical (unpaired) electrons. The van der Waals surface area contributed by atoms with E-state index in [9.17, 15) is 5.11 Å². The van der Waals surface area contributed by atoms with Gasteiger partial charge in [-0.15, -0.1) is 0 Å². The van der Waals surface area contributed by atoms with E-state index >= 15 is 0 Å². The number of aromatic hydroxyl groups is 1. The van der Waals surface area contributed by atoms with E-state index in [1.54, 1.807) is 10.6 Å². The Hall–Kier alpha value is -3.01. The summed E-state index contributed by atoms with van der Waals surface area (Å²) in [6, 6.07) is 19.2. The summed E-state index contributed by atoms with van der Waals surface area (Å²) in [7, 11) is 0. The minimum atomic E-state index is 0.184. The molecule has 0 aliphatic carbocycles. The van der Waals surface area contributed by atoms with Crippen LogP contribution in [0.4, 0.5) is 5.95 Å². The molecule has 3 N–H and O–H groups in total. The third-order valence-electron chi connectivity index (χ3n) is 3.69. The van der Waals surface area contributed by atoms with Gasteiger partial charge in [0.15, 0.2) is 0 Å². The summed E-state index contributed by atoms with van der Waals surface area (Å²) in [5, 5.41) is 12.3. The fourth-order valence-electron chi connectivity index (χ4n) is 2.76. The lowest BCUT2D eigenvalue weighted by molar-refractivity contribution is 0.474. The van der Waals surface area contributed by atoms with Crippen LogP contribution in [0.2, 0.25) is 0 Å². The normalized spacial score (nSPS) is 11.2. The molecule has 4 heteroatoms. The molecule has 0 saturated carbocycles. The number of phenolic OH excluding ortho intramolecular Hbond substituents is 1. The standard InChI is InChI=1S/C17H13N3O/c18-17-19-13-7-3-4-8-14(13)20(17)16-12-6-2-1-5-11(12)9-10-15(16)21/h1-10,21H,(H2,18,19). The molecule has 0 amide bonds. The molecular formula is C17H13N3O. The second-order valence-corrected chi connectivity index (χ2v) is 4.95. The van der Waals surface area contributed by atoms with E-state index in [1.165, 1.54) is 0 Å². The molecule has 1 heterocycles. The van der Waals surface area contributed by atoms with Crippen LogP contribution in [0.5, 0.6) is 5.75 Å². The number of hydrogen-bond acceptors (Lipinski definition) is 3. The molecule has 4 rings (SSSR count). The Morgan fingerprint density at radius 2 is 1.67 bits per heavy atom. The quantitative estimate of drug-likeness (QED) is 0.559. The van der Waals surface area contributed by atoms with E-state index in [0.29, 0.717) is 11.6 Å². The first-order chi connectivity index (χ1) is 10.3. The van der Waals surface area contributed by atoms with E-state index in [4.69, 9.17) is 5.73 Å². The van der Waals surface area contributed by atoms with Crippen LogP contribution >= 0.6 is 0 Å². The highest BCUT2D eigenvalue weighted by Crippen LogP contribution is 2.34. The predicted octanol–water partition coefficient (Wildman–Crippen LogP) is 3.47. The van der Waals surface area contributed by atoms with Crippen LogP contribution in [0.15, 0.2) is 60.7 Å². The summed E-state index contributed by atoms with van der Waals surface area (Å²) in [5.74, 6) is 0.548. The number of nitrogens with zero attached hydrogens (tertiary/aromatic N) is 2. The van der Waals surface area contributed by atoms with Crippen LogP contribution in [0.1, 0.15) is 0 Å². The van der Waals surface area contributed by atoms with Crippen LogP contribution in [-0.4, -0.2) is 14.7 Å². The number of phenols is 1. The maximum absolute atomic E-state index is 10.4. The lowest BCUT2D eigenvalue weighted by atomic mass is 10.1. The van der Waals surface area contributed by atoms with Crippen molar-refractivity contribution < 1.29 is 5.11 Å². The molecule has 0 spiro atoms. The Balaban J connectivity index is 2.19. The SMILES string of the molecule is Nc1nc2ccccc2n1-c1c(O)ccc2ccccc12. The number of nitrogens with two attached hydrogens (primary N) is 1. The number of para-hydroxylation sites is 2. The monoisotopic (exact) mass is 275 g/mol. The maximum atomic E-state index is 10.4. The number of nitrogen functional groups attached to an aromatic ring is 1. The van der Waals surface area contributed by atoms with Crippen molar-refractivity contribution in [2.24, 2.45) is 0 Å². The molecule has 4 nitrogen and oxygen atoms in total. The number of rotatable bonds is 1. The topological polar surface area (TPSA) is 64.1 Å². The molecule has 0 unspecified atom stereocenters. The highest BCUT2D eigenvalue weighted by atomic mass is 16.3. The van der Waals surface area contributed by atoms with Crippen molar-refractivity contribution in [1.82, 2.24) is 9.55 Å². The summed E-state index contributed by atoms with van der Waals surface area (Å²) in [5.41, 5.74) is 8.44. The van der Waals surface area contributed by atoms with E-state index in [1.807, 2.05) is 54.6 Å². The van der Waals surface area contributed by atoms with Crippen molar-refractivity contribution in [3.8, 4) is 11.4 Å². The van der Waals surface area contributed by atoms with E-state index in [2.05, 4.69) is 4.98 Å².